The maximum absolute atomic E-state index is 12.4. The highest BCUT2D eigenvalue weighted by Crippen LogP contribution is 2.26. The first-order valence-electron chi connectivity index (χ1n) is 10.4. The van der Waals surface area contributed by atoms with Gasteiger partial charge in [-0.2, -0.15) is 0 Å². The molecule has 1 atom stereocenters. The first-order chi connectivity index (χ1) is 16.4. The van der Waals surface area contributed by atoms with Gasteiger partial charge in [-0.05, 0) is 48.5 Å². The second-order valence-corrected chi connectivity index (χ2v) is 8.48. The number of anilines is 3. The molecule has 0 bridgehead atoms. The van der Waals surface area contributed by atoms with Gasteiger partial charge in [0, 0.05) is 15.7 Å². The van der Waals surface area contributed by atoms with E-state index in [-0.39, 0.29) is 36.2 Å². The predicted molar refractivity (Wildman–Crippen MR) is 131 cm³/mol. The Balaban J connectivity index is 1.28. The lowest BCUT2D eigenvalue weighted by atomic mass is 10.1. The number of hydrogen-bond donors (Lipinski definition) is 3. The van der Waals surface area contributed by atoms with Gasteiger partial charge in [-0.25, -0.2) is 4.79 Å². The van der Waals surface area contributed by atoms with Gasteiger partial charge in [0.05, 0.1) is 23.4 Å². The third-order valence-corrected chi connectivity index (χ3v) is 5.65. The fraction of sp³-hybridized carbons (Fsp3) is 0.120. The van der Waals surface area contributed by atoms with Crippen molar-refractivity contribution in [1.82, 2.24) is 0 Å². The third-order valence-electron chi connectivity index (χ3n) is 5.13. The van der Waals surface area contributed by atoms with E-state index in [9.17, 15) is 19.2 Å². The highest BCUT2D eigenvalue weighted by atomic mass is 79.9. The number of fused-ring (bicyclic) bond motifs is 1. The van der Waals surface area contributed by atoms with Crippen LogP contribution in [0.4, 0.5) is 17.1 Å². The summed E-state index contributed by atoms with van der Waals surface area (Å²) in [6, 6.07) is 19.4. The van der Waals surface area contributed by atoms with E-state index >= 15 is 0 Å². The van der Waals surface area contributed by atoms with Gasteiger partial charge in [0.25, 0.3) is 0 Å². The summed E-state index contributed by atoms with van der Waals surface area (Å²) in [4.78, 5) is 49.1. The van der Waals surface area contributed by atoms with Gasteiger partial charge in [-0.15, -0.1) is 0 Å². The molecular weight excluding hydrogens is 502 g/mol. The molecule has 3 aromatic rings. The van der Waals surface area contributed by atoms with Crippen molar-refractivity contribution >= 4 is 56.6 Å². The predicted octanol–water partition coefficient (Wildman–Crippen LogP) is 4.25. The molecular formula is C25H20BrN3O5. The zero-order valence-corrected chi connectivity index (χ0v) is 19.4. The number of amides is 2. The van der Waals surface area contributed by atoms with Crippen molar-refractivity contribution in [2.75, 3.05) is 22.6 Å². The second-order valence-electron chi connectivity index (χ2n) is 7.57. The SMILES string of the molecule is O=C(CC1Nc2ccccc2NC1=O)Nc1ccc(C(=O)OCC(=O)c2ccc(Br)cc2)cc1. The van der Waals surface area contributed by atoms with E-state index < -0.39 is 12.0 Å². The third kappa shape index (κ3) is 5.68. The Bertz CT molecular complexity index is 1240. The average molecular weight is 522 g/mol. The Hall–Kier alpha value is -3.98. The Morgan fingerprint density at radius 3 is 2.24 bits per heavy atom. The van der Waals surface area contributed by atoms with E-state index in [1.54, 1.807) is 42.5 Å². The summed E-state index contributed by atoms with van der Waals surface area (Å²) in [6.45, 7) is -0.376. The average Bonchev–Trinajstić information content (AvgIpc) is 2.83. The number of carbonyl (C=O) groups excluding carboxylic acids is 4. The first-order valence-corrected chi connectivity index (χ1v) is 11.2. The number of hydrogen-bond acceptors (Lipinski definition) is 6. The quantitative estimate of drug-likeness (QED) is 0.316. The molecule has 0 spiro atoms. The molecule has 4 rings (SSSR count). The van der Waals surface area contributed by atoms with E-state index in [2.05, 4.69) is 31.9 Å². The highest BCUT2D eigenvalue weighted by molar-refractivity contribution is 9.10. The highest BCUT2D eigenvalue weighted by Gasteiger charge is 2.27. The van der Waals surface area contributed by atoms with Gasteiger partial charge in [0.2, 0.25) is 11.8 Å². The van der Waals surface area contributed by atoms with Gasteiger partial charge in [-0.3, -0.25) is 14.4 Å². The molecule has 2 amide bonds. The summed E-state index contributed by atoms with van der Waals surface area (Å²) in [5, 5.41) is 8.54. The van der Waals surface area contributed by atoms with Crippen LogP contribution in [0.5, 0.6) is 0 Å². The summed E-state index contributed by atoms with van der Waals surface area (Å²) in [7, 11) is 0. The number of ketones is 1. The van der Waals surface area contributed by atoms with Crippen molar-refractivity contribution < 1.29 is 23.9 Å². The number of ether oxygens (including phenoxy) is 1. The lowest BCUT2D eigenvalue weighted by Gasteiger charge is -2.26. The monoisotopic (exact) mass is 521 g/mol. The molecule has 0 saturated heterocycles. The van der Waals surface area contributed by atoms with Crippen molar-refractivity contribution in [3.05, 3.63) is 88.4 Å². The second kappa shape index (κ2) is 10.3. The Labute approximate surface area is 203 Å². The van der Waals surface area contributed by atoms with E-state index in [0.29, 0.717) is 16.9 Å². The molecule has 1 aliphatic heterocycles. The number of nitrogens with one attached hydrogen (secondary N) is 3. The van der Waals surface area contributed by atoms with Crippen LogP contribution < -0.4 is 16.0 Å². The lowest BCUT2D eigenvalue weighted by molar-refractivity contribution is -0.122. The van der Waals surface area contributed by atoms with E-state index in [1.165, 1.54) is 12.1 Å². The molecule has 1 heterocycles. The number of Topliss-reactive ketones (excluding diaryl/α,β-unsaturated/α-hetero) is 1. The number of esters is 1. The molecule has 8 nitrogen and oxygen atoms in total. The largest absolute Gasteiger partial charge is 0.454 e. The Morgan fingerprint density at radius 2 is 1.53 bits per heavy atom. The summed E-state index contributed by atoms with van der Waals surface area (Å²) in [6.07, 6.45) is -0.0673. The molecule has 0 aromatic heterocycles. The number of halogens is 1. The zero-order valence-electron chi connectivity index (χ0n) is 17.8. The molecule has 1 aliphatic rings. The minimum Gasteiger partial charge on any atom is -0.454 e. The molecule has 3 aromatic carbocycles. The maximum atomic E-state index is 12.4. The Kier molecular flexibility index (Phi) is 7.03. The maximum Gasteiger partial charge on any atom is 0.338 e. The van der Waals surface area contributed by atoms with Gasteiger partial charge < -0.3 is 20.7 Å². The molecule has 0 saturated carbocycles. The number of rotatable bonds is 7. The van der Waals surface area contributed by atoms with Crippen LogP contribution in [0.3, 0.4) is 0 Å². The fourth-order valence-electron chi connectivity index (χ4n) is 3.36. The zero-order chi connectivity index (χ0) is 24.1. The van der Waals surface area contributed by atoms with Gasteiger partial charge in [0.1, 0.15) is 6.04 Å². The molecule has 0 radical (unpaired) electrons. The van der Waals surface area contributed by atoms with Crippen molar-refractivity contribution in [2.45, 2.75) is 12.5 Å². The van der Waals surface area contributed by atoms with Crippen molar-refractivity contribution in [2.24, 2.45) is 0 Å². The summed E-state index contributed by atoms with van der Waals surface area (Å²) in [5.41, 5.74) is 2.57. The first kappa shape index (κ1) is 23.2. The van der Waals surface area contributed by atoms with Crippen LogP contribution >= 0.6 is 15.9 Å². The van der Waals surface area contributed by atoms with Crippen LogP contribution in [0.15, 0.2) is 77.3 Å². The van der Waals surface area contributed by atoms with E-state index in [0.717, 1.165) is 10.2 Å². The topological polar surface area (TPSA) is 114 Å². The summed E-state index contributed by atoms with van der Waals surface area (Å²) in [5.74, 6) is -1.61. The summed E-state index contributed by atoms with van der Waals surface area (Å²) >= 11 is 3.30. The van der Waals surface area contributed by atoms with Crippen molar-refractivity contribution in [3.63, 3.8) is 0 Å². The Morgan fingerprint density at radius 1 is 0.882 bits per heavy atom. The normalized spacial score (nSPS) is 14.3. The molecule has 0 fully saturated rings. The molecule has 3 N–H and O–H groups in total. The van der Waals surface area contributed by atoms with E-state index in [1.807, 2.05) is 18.2 Å². The molecule has 34 heavy (non-hydrogen) atoms. The van der Waals surface area contributed by atoms with Crippen LogP contribution in [-0.4, -0.2) is 36.2 Å². The minimum absolute atomic E-state index is 0.0673. The van der Waals surface area contributed by atoms with Crippen LogP contribution in [-0.2, 0) is 14.3 Å². The fourth-order valence-corrected chi connectivity index (χ4v) is 3.62. The molecule has 1 unspecified atom stereocenters. The summed E-state index contributed by atoms with van der Waals surface area (Å²) < 4.78 is 5.94. The van der Waals surface area contributed by atoms with Gasteiger partial charge >= 0.3 is 5.97 Å². The van der Waals surface area contributed by atoms with Crippen LogP contribution in [0.25, 0.3) is 0 Å². The standard InChI is InChI=1S/C25H20BrN3O5/c26-17-9-5-15(6-10-17)22(30)14-34-25(33)16-7-11-18(12-8-16)27-23(31)13-21-24(32)29-20-4-2-1-3-19(20)28-21/h1-12,21,28H,13-14H2,(H,27,31)(H,29,32). The number of benzene rings is 3. The smallest absolute Gasteiger partial charge is 0.338 e. The minimum atomic E-state index is -0.701. The lowest BCUT2D eigenvalue weighted by Crippen LogP contribution is -2.41. The molecule has 0 aliphatic carbocycles. The van der Waals surface area contributed by atoms with Crippen molar-refractivity contribution in [1.29, 1.82) is 0 Å². The van der Waals surface area contributed by atoms with E-state index in [4.69, 9.17) is 4.74 Å². The molecule has 172 valence electrons. The van der Waals surface area contributed by atoms with Crippen LogP contribution in [0, 0.1) is 0 Å². The van der Waals surface area contributed by atoms with Gasteiger partial charge in [-0.1, -0.05) is 40.2 Å². The van der Waals surface area contributed by atoms with Crippen molar-refractivity contribution in [3.8, 4) is 0 Å². The molecule has 9 heteroatoms. The number of para-hydroxylation sites is 2. The van der Waals surface area contributed by atoms with Crippen LogP contribution in [0.1, 0.15) is 27.1 Å². The van der Waals surface area contributed by atoms with Gasteiger partial charge in [0.15, 0.2) is 12.4 Å². The number of carbonyl (C=O) groups is 4. The van der Waals surface area contributed by atoms with Crippen LogP contribution in [0.2, 0.25) is 0 Å².